The molecule has 112 valence electrons. The molecular weight excluding hydrogens is 262 g/mol. The van der Waals surface area contributed by atoms with Gasteiger partial charge in [-0.2, -0.15) is 0 Å². The molecule has 2 aromatic heterocycles. The minimum Gasteiger partial charge on any atom is -0.354 e. The van der Waals surface area contributed by atoms with Crippen LogP contribution in [0.3, 0.4) is 0 Å². The van der Waals surface area contributed by atoms with Crippen molar-refractivity contribution < 1.29 is 0 Å². The minimum atomic E-state index is 0.858. The number of hydrogen-bond donors (Lipinski definition) is 0. The lowest BCUT2D eigenvalue weighted by Gasteiger charge is -2.35. The first-order valence-electron chi connectivity index (χ1n) is 7.51. The lowest BCUT2D eigenvalue weighted by atomic mass is 10.2. The monoisotopic (exact) mass is 285 g/mol. The molecule has 1 aliphatic rings. The topological polar surface area (TPSA) is 37.2 Å². The Morgan fingerprint density at radius 1 is 1.10 bits per heavy atom. The molecule has 21 heavy (non-hydrogen) atoms. The smallest absolute Gasteiger partial charge is 0.132 e. The Morgan fingerprint density at radius 3 is 2.48 bits per heavy atom. The van der Waals surface area contributed by atoms with E-state index in [-0.39, 0.29) is 0 Å². The molecule has 1 saturated heterocycles. The van der Waals surface area contributed by atoms with Crippen molar-refractivity contribution >= 4 is 5.82 Å². The van der Waals surface area contributed by atoms with Gasteiger partial charge in [-0.3, -0.25) is 4.90 Å². The van der Waals surface area contributed by atoms with Crippen LogP contribution in [0.4, 0.5) is 5.82 Å². The van der Waals surface area contributed by atoms with E-state index >= 15 is 0 Å². The third-order valence-electron chi connectivity index (χ3n) is 4.09. The Labute approximate surface area is 126 Å². The van der Waals surface area contributed by atoms with Gasteiger partial charge in [-0.15, -0.1) is 0 Å². The second kappa shape index (κ2) is 5.85. The zero-order valence-corrected chi connectivity index (χ0v) is 13.1. The summed E-state index contributed by atoms with van der Waals surface area (Å²) in [7, 11) is 2.11. The molecule has 5 nitrogen and oxygen atoms in total. The molecule has 0 N–H and O–H groups in total. The van der Waals surface area contributed by atoms with E-state index in [1.807, 2.05) is 13.8 Å². The second-order valence-corrected chi connectivity index (χ2v) is 5.79. The molecule has 0 radical (unpaired) electrons. The second-order valence-electron chi connectivity index (χ2n) is 5.79. The number of piperazine rings is 1. The summed E-state index contributed by atoms with van der Waals surface area (Å²) in [5, 5.41) is 0. The lowest BCUT2D eigenvalue weighted by molar-refractivity contribution is 0.244. The van der Waals surface area contributed by atoms with Crippen molar-refractivity contribution in [3.63, 3.8) is 0 Å². The lowest BCUT2D eigenvalue weighted by Crippen LogP contribution is -2.46. The van der Waals surface area contributed by atoms with Crippen LogP contribution in [0.25, 0.3) is 0 Å². The molecule has 0 aliphatic carbocycles. The molecule has 0 amide bonds. The van der Waals surface area contributed by atoms with Gasteiger partial charge in [0.1, 0.15) is 11.6 Å². The highest BCUT2D eigenvalue weighted by molar-refractivity contribution is 5.40. The predicted molar refractivity (Wildman–Crippen MR) is 84.4 cm³/mol. The molecule has 3 heterocycles. The molecule has 0 unspecified atom stereocenters. The fraction of sp³-hybridized carbons (Fsp3) is 0.500. The van der Waals surface area contributed by atoms with Crippen LogP contribution in [0.5, 0.6) is 0 Å². The van der Waals surface area contributed by atoms with Gasteiger partial charge < -0.3 is 9.47 Å². The highest BCUT2D eigenvalue weighted by atomic mass is 15.3. The summed E-state index contributed by atoms with van der Waals surface area (Å²) in [6.45, 7) is 9.23. The number of nitrogens with zero attached hydrogens (tertiary/aromatic N) is 5. The number of hydrogen-bond acceptors (Lipinski definition) is 4. The van der Waals surface area contributed by atoms with Crippen LogP contribution < -0.4 is 4.90 Å². The van der Waals surface area contributed by atoms with Crippen molar-refractivity contribution in [1.29, 1.82) is 0 Å². The molecule has 1 fully saturated rings. The van der Waals surface area contributed by atoms with E-state index in [4.69, 9.17) is 0 Å². The first-order valence-corrected chi connectivity index (χ1v) is 7.51. The zero-order valence-electron chi connectivity index (χ0n) is 13.1. The zero-order chi connectivity index (χ0) is 14.8. The number of aryl methyl sites for hydroxylation is 3. The summed E-state index contributed by atoms with van der Waals surface area (Å²) in [5.41, 5.74) is 2.42. The Hall–Kier alpha value is -1.88. The van der Waals surface area contributed by atoms with E-state index in [9.17, 15) is 0 Å². The molecule has 0 spiro atoms. The molecule has 0 atom stereocenters. The average molecular weight is 285 g/mol. The number of rotatable bonds is 3. The van der Waals surface area contributed by atoms with E-state index in [1.165, 1.54) is 5.69 Å². The maximum atomic E-state index is 4.56. The average Bonchev–Trinajstić information content (AvgIpc) is 2.84. The fourth-order valence-corrected chi connectivity index (χ4v) is 2.88. The molecule has 5 heteroatoms. The Kier molecular flexibility index (Phi) is 3.92. The third-order valence-corrected chi connectivity index (χ3v) is 4.09. The molecule has 1 aliphatic heterocycles. The van der Waals surface area contributed by atoms with Gasteiger partial charge in [0.05, 0.1) is 0 Å². The van der Waals surface area contributed by atoms with Gasteiger partial charge in [-0.05, 0) is 26.0 Å². The maximum absolute atomic E-state index is 4.56. The van der Waals surface area contributed by atoms with Gasteiger partial charge in [0.15, 0.2) is 0 Å². The van der Waals surface area contributed by atoms with Gasteiger partial charge in [-0.25, -0.2) is 9.97 Å². The quantitative estimate of drug-likeness (QED) is 0.861. The Balaban J connectivity index is 1.61. The van der Waals surface area contributed by atoms with Crippen LogP contribution in [0.1, 0.15) is 17.2 Å². The van der Waals surface area contributed by atoms with Crippen LogP contribution in [-0.2, 0) is 13.6 Å². The molecule has 3 rings (SSSR count). The molecule has 0 saturated carbocycles. The van der Waals surface area contributed by atoms with Gasteiger partial charge in [0, 0.05) is 63.4 Å². The summed E-state index contributed by atoms with van der Waals surface area (Å²) in [4.78, 5) is 13.8. The summed E-state index contributed by atoms with van der Waals surface area (Å²) in [5.74, 6) is 1.93. The highest BCUT2D eigenvalue weighted by Gasteiger charge is 2.19. The molecule has 0 bridgehead atoms. The van der Waals surface area contributed by atoms with Crippen molar-refractivity contribution in [2.75, 3.05) is 31.1 Å². The summed E-state index contributed by atoms with van der Waals surface area (Å²) >= 11 is 0. The van der Waals surface area contributed by atoms with Crippen molar-refractivity contribution in [2.45, 2.75) is 20.4 Å². The van der Waals surface area contributed by atoms with E-state index in [0.29, 0.717) is 0 Å². The SMILES string of the molecule is Cc1cc(N2CCN(Cc3cccn3C)CC2)nc(C)n1. The van der Waals surface area contributed by atoms with E-state index in [0.717, 1.165) is 50.1 Å². The largest absolute Gasteiger partial charge is 0.354 e. The molecule has 2 aromatic rings. The van der Waals surface area contributed by atoms with E-state index in [2.05, 4.69) is 55.8 Å². The van der Waals surface area contributed by atoms with Crippen molar-refractivity contribution in [3.05, 3.63) is 41.6 Å². The van der Waals surface area contributed by atoms with Crippen LogP contribution in [0.15, 0.2) is 24.4 Å². The van der Waals surface area contributed by atoms with Gasteiger partial charge in [-0.1, -0.05) is 0 Å². The minimum absolute atomic E-state index is 0.858. The fourth-order valence-electron chi connectivity index (χ4n) is 2.88. The van der Waals surface area contributed by atoms with Crippen molar-refractivity contribution in [1.82, 2.24) is 19.4 Å². The summed E-state index contributed by atoms with van der Waals surface area (Å²) in [6.07, 6.45) is 2.11. The van der Waals surface area contributed by atoms with E-state index in [1.54, 1.807) is 0 Å². The number of anilines is 1. The first kappa shape index (κ1) is 14.1. The van der Waals surface area contributed by atoms with E-state index < -0.39 is 0 Å². The van der Waals surface area contributed by atoms with Crippen LogP contribution in [0.2, 0.25) is 0 Å². The molecular formula is C16H23N5. The van der Waals surface area contributed by atoms with Crippen LogP contribution in [0, 0.1) is 13.8 Å². The standard InChI is InChI=1S/C16H23N5/c1-13-11-16(18-14(2)17-13)21-9-7-20(8-10-21)12-15-5-4-6-19(15)3/h4-6,11H,7-10,12H2,1-3H3. The van der Waals surface area contributed by atoms with Gasteiger partial charge >= 0.3 is 0 Å². The molecule has 0 aromatic carbocycles. The summed E-state index contributed by atoms with van der Waals surface area (Å²) < 4.78 is 2.20. The van der Waals surface area contributed by atoms with Gasteiger partial charge in [0.25, 0.3) is 0 Å². The highest BCUT2D eigenvalue weighted by Crippen LogP contribution is 2.16. The third kappa shape index (κ3) is 3.24. The first-order chi connectivity index (χ1) is 10.1. The van der Waals surface area contributed by atoms with Crippen LogP contribution >= 0.6 is 0 Å². The Morgan fingerprint density at radius 2 is 1.86 bits per heavy atom. The predicted octanol–water partition coefficient (Wildman–Crippen LogP) is 1.75. The maximum Gasteiger partial charge on any atom is 0.132 e. The normalized spacial score (nSPS) is 16.4. The van der Waals surface area contributed by atoms with Gasteiger partial charge in [0.2, 0.25) is 0 Å². The van der Waals surface area contributed by atoms with Crippen LogP contribution in [-0.4, -0.2) is 45.6 Å². The summed E-state index contributed by atoms with van der Waals surface area (Å²) in [6, 6.07) is 6.39. The Bertz CT molecular complexity index is 591. The number of aromatic nitrogens is 3. The van der Waals surface area contributed by atoms with Crippen molar-refractivity contribution in [3.8, 4) is 0 Å². The van der Waals surface area contributed by atoms with Crippen molar-refractivity contribution in [2.24, 2.45) is 7.05 Å².